The third-order valence-corrected chi connectivity index (χ3v) is 4.93. The van der Waals surface area contributed by atoms with Gasteiger partial charge in [0.2, 0.25) is 11.8 Å². The van der Waals surface area contributed by atoms with Crippen molar-refractivity contribution in [1.82, 2.24) is 4.90 Å². The summed E-state index contributed by atoms with van der Waals surface area (Å²) in [6.45, 7) is 2.98. The summed E-state index contributed by atoms with van der Waals surface area (Å²) in [5, 5.41) is 11.9. The molecule has 2 aliphatic heterocycles. The molecule has 1 aromatic rings. The van der Waals surface area contributed by atoms with Gasteiger partial charge in [-0.15, -0.1) is 0 Å². The van der Waals surface area contributed by atoms with E-state index >= 15 is 0 Å². The number of benzene rings is 1. The second-order valence-corrected chi connectivity index (χ2v) is 6.52. The van der Waals surface area contributed by atoms with Gasteiger partial charge >= 0.3 is 5.97 Å². The zero-order valence-electron chi connectivity index (χ0n) is 12.4. The molecule has 0 aliphatic carbocycles. The summed E-state index contributed by atoms with van der Waals surface area (Å²) in [6.07, 6.45) is 0.0375. The van der Waals surface area contributed by atoms with Gasteiger partial charge in [0, 0.05) is 18.7 Å². The highest BCUT2D eigenvalue weighted by molar-refractivity contribution is 8.15. The summed E-state index contributed by atoms with van der Waals surface area (Å²) in [4.78, 5) is 41.2. The lowest BCUT2D eigenvalue weighted by atomic mass is 10.1. The number of hydrogen-bond acceptors (Lipinski definition) is 5. The molecule has 2 amide bonds. The van der Waals surface area contributed by atoms with Crippen molar-refractivity contribution in [2.45, 2.75) is 18.6 Å². The van der Waals surface area contributed by atoms with Gasteiger partial charge in [-0.05, 0) is 24.6 Å². The molecule has 2 aliphatic rings. The maximum absolute atomic E-state index is 12.2. The molecule has 2 N–H and O–H groups in total. The van der Waals surface area contributed by atoms with Gasteiger partial charge in [-0.25, -0.2) is 4.79 Å². The first-order chi connectivity index (χ1) is 11.0. The topological polar surface area (TPSA) is 99.1 Å². The van der Waals surface area contributed by atoms with E-state index in [4.69, 9.17) is 5.11 Å². The molecule has 23 heavy (non-hydrogen) atoms. The molecule has 1 atom stereocenters. The fourth-order valence-corrected chi connectivity index (χ4v) is 3.66. The lowest BCUT2D eigenvalue weighted by Crippen LogP contribution is -2.32. The molecule has 1 fully saturated rings. The molecular formula is C15H15N3O4S. The lowest BCUT2D eigenvalue weighted by Gasteiger charge is -2.12. The number of aryl methyl sites for hydroxylation is 1. The van der Waals surface area contributed by atoms with Crippen LogP contribution >= 0.6 is 11.8 Å². The summed E-state index contributed by atoms with van der Waals surface area (Å²) < 4.78 is 0. The average Bonchev–Trinajstić information content (AvgIpc) is 3.05. The Morgan fingerprint density at radius 3 is 2.96 bits per heavy atom. The first-order valence-electron chi connectivity index (χ1n) is 7.12. The number of nitrogens with zero attached hydrogens (tertiary/aromatic N) is 2. The molecule has 3 rings (SSSR count). The molecule has 1 aromatic carbocycles. The van der Waals surface area contributed by atoms with Gasteiger partial charge in [0.05, 0.1) is 12.1 Å². The number of nitrogens with one attached hydrogen (secondary N) is 1. The smallest absolute Gasteiger partial charge is 0.335 e. The summed E-state index contributed by atoms with van der Waals surface area (Å²) in [7, 11) is 0. The predicted octanol–water partition coefficient (Wildman–Crippen LogP) is 1.34. The van der Waals surface area contributed by atoms with Crippen LogP contribution in [0.15, 0.2) is 23.2 Å². The Morgan fingerprint density at radius 1 is 1.48 bits per heavy atom. The Labute approximate surface area is 136 Å². The number of amides is 2. The van der Waals surface area contributed by atoms with Crippen LogP contribution in [0.3, 0.4) is 0 Å². The highest BCUT2D eigenvalue weighted by Gasteiger charge is 2.40. The zero-order chi connectivity index (χ0) is 16.6. The van der Waals surface area contributed by atoms with Crippen molar-refractivity contribution in [2.24, 2.45) is 4.99 Å². The summed E-state index contributed by atoms with van der Waals surface area (Å²) in [6, 6.07) is 4.54. The van der Waals surface area contributed by atoms with E-state index in [-0.39, 0.29) is 23.8 Å². The number of rotatable bonds is 4. The maximum Gasteiger partial charge on any atom is 0.335 e. The second kappa shape index (κ2) is 6.04. The minimum absolute atomic E-state index is 0.0375. The number of hydrogen-bond donors (Lipinski definition) is 2. The van der Waals surface area contributed by atoms with E-state index in [2.05, 4.69) is 10.3 Å². The molecule has 120 valence electrons. The highest BCUT2D eigenvalue weighted by Crippen LogP contribution is 2.32. The van der Waals surface area contributed by atoms with E-state index in [1.807, 2.05) is 0 Å². The van der Waals surface area contributed by atoms with Gasteiger partial charge in [-0.3, -0.25) is 19.5 Å². The van der Waals surface area contributed by atoms with Crippen LogP contribution < -0.4 is 5.32 Å². The molecule has 0 spiro atoms. The fraction of sp³-hybridized carbons (Fsp3) is 0.333. The van der Waals surface area contributed by atoms with Crippen LogP contribution in [0.2, 0.25) is 0 Å². The number of thioether (sulfide) groups is 1. The van der Waals surface area contributed by atoms with E-state index in [0.29, 0.717) is 23.9 Å². The number of anilines is 1. The summed E-state index contributed by atoms with van der Waals surface area (Å²) >= 11 is 1.31. The maximum atomic E-state index is 12.2. The van der Waals surface area contributed by atoms with E-state index < -0.39 is 11.2 Å². The van der Waals surface area contributed by atoms with E-state index in [9.17, 15) is 14.4 Å². The number of aromatic carboxylic acids is 1. The highest BCUT2D eigenvalue weighted by atomic mass is 32.2. The first-order valence-corrected chi connectivity index (χ1v) is 8.00. The predicted molar refractivity (Wildman–Crippen MR) is 86.8 cm³/mol. The van der Waals surface area contributed by atoms with Gasteiger partial charge in [-0.1, -0.05) is 17.8 Å². The Balaban J connectivity index is 1.67. The van der Waals surface area contributed by atoms with Crippen molar-refractivity contribution < 1.29 is 19.5 Å². The standard InChI is InChI=1S/C15H15N3O4S/c1-8-2-3-9(14(21)22)6-10(8)17-12(19)7-11-13(20)18-5-4-16-15(18)23-11/h2-3,6,11H,4-5,7H2,1H3,(H,17,19)(H,21,22)/t11-/m1/s1. The largest absolute Gasteiger partial charge is 0.478 e. The van der Waals surface area contributed by atoms with E-state index in [0.717, 1.165) is 5.56 Å². The van der Waals surface area contributed by atoms with Crippen molar-refractivity contribution >= 4 is 40.4 Å². The molecule has 0 aromatic heterocycles. The quantitative estimate of drug-likeness (QED) is 0.866. The molecule has 0 unspecified atom stereocenters. The number of amidine groups is 1. The second-order valence-electron chi connectivity index (χ2n) is 5.35. The Morgan fingerprint density at radius 2 is 2.26 bits per heavy atom. The van der Waals surface area contributed by atoms with Gasteiger partial charge < -0.3 is 10.4 Å². The molecule has 0 bridgehead atoms. The van der Waals surface area contributed by atoms with Crippen LogP contribution in [0.1, 0.15) is 22.3 Å². The molecule has 1 saturated heterocycles. The van der Waals surface area contributed by atoms with Crippen molar-refractivity contribution in [1.29, 1.82) is 0 Å². The SMILES string of the molecule is Cc1ccc(C(=O)O)cc1NC(=O)C[C@H]1SC2=NCCN2C1=O. The molecule has 0 saturated carbocycles. The molecule has 0 radical (unpaired) electrons. The minimum Gasteiger partial charge on any atom is -0.478 e. The Kier molecular flexibility index (Phi) is 4.08. The summed E-state index contributed by atoms with van der Waals surface area (Å²) in [5.41, 5.74) is 1.31. The third kappa shape index (κ3) is 3.07. The fourth-order valence-electron chi connectivity index (χ4n) is 2.47. The van der Waals surface area contributed by atoms with Gasteiger partial charge in [0.1, 0.15) is 5.25 Å². The normalized spacial score (nSPS) is 19.5. The van der Waals surface area contributed by atoms with Crippen LogP contribution in [0.5, 0.6) is 0 Å². The van der Waals surface area contributed by atoms with Crippen molar-refractivity contribution in [3.8, 4) is 0 Å². The lowest BCUT2D eigenvalue weighted by molar-refractivity contribution is -0.127. The Hall–Kier alpha value is -2.35. The number of fused-ring (bicyclic) bond motifs is 1. The van der Waals surface area contributed by atoms with Crippen molar-refractivity contribution in [3.05, 3.63) is 29.3 Å². The number of carbonyl (C=O) groups excluding carboxylic acids is 2. The van der Waals surface area contributed by atoms with Gasteiger partial charge in [-0.2, -0.15) is 0 Å². The van der Waals surface area contributed by atoms with Crippen LogP contribution in [-0.2, 0) is 9.59 Å². The number of carboxylic acid groups (broad SMARTS) is 1. The Bertz CT molecular complexity index is 731. The number of carboxylic acids is 1. The van der Waals surface area contributed by atoms with E-state index in [1.165, 1.54) is 23.9 Å². The number of aliphatic imine (C=N–C) groups is 1. The van der Waals surface area contributed by atoms with E-state index in [1.54, 1.807) is 17.9 Å². The van der Waals surface area contributed by atoms with Crippen LogP contribution in [0, 0.1) is 6.92 Å². The monoisotopic (exact) mass is 333 g/mol. The third-order valence-electron chi connectivity index (χ3n) is 3.72. The van der Waals surface area contributed by atoms with Crippen LogP contribution in [-0.4, -0.2) is 51.3 Å². The summed E-state index contributed by atoms with van der Waals surface area (Å²) in [5.74, 6) is -1.46. The first kappa shape index (κ1) is 15.5. The number of carbonyl (C=O) groups is 3. The van der Waals surface area contributed by atoms with Crippen LogP contribution in [0.4, 0.5) is 5.69 Å². The van der Waals surface area contributed by atoms with Crippen molar-refractivity contribution in [3.63, 3.8) is 0 Å². The van der Waals surface area contributed by atoms with Crippen LogP contribution in [0.25, 0.3) is 0 Å². The molecule has 7 nitrogen and oxygen atoms in total. The molecular weight excluding hydrogens is 318 g/mol. The van der Waals surface area contributed by atoms with Gasteiger partial charge in [0.25, 0.3) is 0 Å². The average molecular weight is 333 g/mol. The van der Waals surface area contributed by atoms with Gasteiger partial charge in [0.15, 0.2) is 5.17 Å². The minimum atomic E-state index is -1.05. The molecule has 2 heterocycles. The zero-order valence-corrected chi connectivity index (χ0v) is 13.2. The molecule has 8 heteroatoms. The van der Waals surface area contributed by atoms with Crippen molar-refractivity contribution in [2.75, 3.05) is 18.4 Å².